The Hall–Kier alpha value is -4.35. The molecule has 0 aliphatic carbocycles. The molecule has 10 nitrogen and oxygen atoms in total. The fourth-order valence-electron chi connectivity index (χ4n) is 4.12. The molecule has 0 fully saturated rings. The molecule has 0 unspecified atom stereocenters. The number of methoxy groups -OCH3 is 2. The van der Waals surface area contributed by atoms with E-state index in [4.69, 9.17) is 35.2 Å². The van der Waals surface area contributed by atoms with Crippen molar-refractivity contribution < 1.29 is 28.2 Å². The van der Waals surface area contributed by atoms with Gasteiger partial charge in [-0.05, 0) is 59.3 Å². The zero-order valence-corrected chi connectivity index (χ0v) is 24.5. The molecule has 2 heterocycles. The van der Waals surface area contributed by atoms with Crippen LogP contribution in [0, 0.1) is 0 Å². The number of halogens is 2. The van der Waals surface area contributed by atoms with Gasteiger partial charge in [0.25, 0.3) is 5.56 Å². The van der Waals surface area contributed by atoms with E-state index < -0.39 is 11.5 Å². The summed E-state index contributed by atoms with van der Waals surface area (Å²) >= 11 is 10.0. The maximum absolute atomic E-state index is 13.7. The lowest BCUT2D eigenvalue weighted by Crippen LogP contribution is -2.20. The van der Waals surface area contributed by atoms with E-state index in [0.29, 0.717) is 44.6 Å². The Bertz CT molecular complexity index is 1870. The zero-order chi connectivity index (χ0) is 29.1. The first-order chi connectivity index (χ1) is 19.9. The highest BCUT2D eigenvalue weighted by Gasteiger charge is 2.20. The van der Waals surface area contributed by atoms with Crippen molar-refractivity contribution in [3.63, 3.8) is 0 Å². The number of esters is 1. The van der Waals surface area contributed by atoms with Crippen LogP contribution in [0.5, 0.6) is 17.2 Å². The van der Waals surface area contributed by atoms with Crippen LogP contribution in [0.2, 0.25) is 5.02 Å². The van der Waals surface area contributed by atoms with E-state index in [0.717, 1.165) is 10.1 Å². The second-order valence-corrected chi connectivity index (χ2v) is 9.69. The lowest BCUT2D eigenvalue weighted by Gasteiger charge is -2.15. The SMILES string of the molecule is CCOc1cc(C=Nn2c(-c3cc4c(OC)cccc4o3)nc3ccccc3c2=O)c(Br)c(Cl)c1OCC(=O)OC. The predicted molar refractivity (Wildman–Crippen MR) is 159 cm³/mol. The van der Waals surface area contributed by atoms with Gasteiger partial charge in [-0.3, -0.25) is 4.79 Å². The van der Waals surface area contributed by atoms with E-state index in [-0.39, 0.29) is 29.0 Å². The highest BCUT2D eigenvalue weighted by Crippen LogP contribution is 2.42. The highest BCUT2D eigenvalue weighted by atomic mass is 79.9. The molecule has 2 aromatic heterocycles. The Morgan fingerprint density at radius 2 is 1.90 bits per heavy atom. The van der Waals surface area contributed by atoms with Crippen molar-refractivity contribution >= 4 is 61.6 Å². The molecule has 210 valence electrons. The molecule has 0 radical (unpaired) electrons. The predicted octanol–water partition coefficient (Wildman–Crippen LogP) is 6.07. The van der Waals surface area contributed by atoms with Crippen LogP contribution in [-0.4, -0.2) is 49.3 Å². The van der Waals surface area contributed by atoms with Crippen LogP contribution in [0.3, 0.4) is 0 Å². The van der Waals surface area contributed by atoms with Gasteiger partial charge in [0, 0.05) is 10.0 Å². The van der Waals surface area contributed by atoms with E-state index in [1.54, 1.807) is 56.5 Å². The third-order valence-electron chi connectivity index (χ3n) is 6.05. The molecule has 0 spiro atoms. The van der Waals surface area contributed by atoms with Gasteiger partial charge in [-0.25, -0.2) is 9.78 Å². The molecule has 12 heteroatoms. The first-order valence-electron chi connectivity index (χ1n) is 12.3. The minimum atomic E-state index is -0.579. The van der Waals surface area contributed by atoms with Crippen LogP contribution in [0.25, 0.3) is 33.5 Å². The number of benzene rings is 3. The van der Waals surface area contributed by atoms with Crippen molar-refractivity contribution in [3.05, 3.63) is 80.0 Å². The summed E-state index contributed by atoms with van der Waals surface area (Å²) in [5, 5.41) is 5.75. The molecule has 5 aromatic rings. The van der Waals surface area contributed by atoms with Gasteiger partial charge in [0.2, 0.25) is 5.82 Å². The fourth-order valence-corrected chi connectivity index (χ4v) is 4.77. The average molecular weight is 641 g/mol. The number of carbonyl (C=O) groups excluding carboxylic acids is 1. The van der Waals surface area contributed by atoms with Crippen molar-refractivity contribution in [1.82, 2.24) is 9.66 Å². The van der Waals surface area contributed by atoms with Gasteiger partial charge in [-0.2, -0.15) is 9.78 Å². The maximum Gasteiger partial charge on any atom is 0.343 e. The van der Waals surface area contributed by atoms with Crippen LogP contribution in [-0.2, 0) is 9.53 Å². The number of hydrogen-bond donors (Lipinski definition) is 0. The molecule has 0 amide bonds. The summed E-state index contributed by atoms with van der Waals surface area (Å²) in [5.41, 5.74) is 1.12. The summed E-state index contributed by atoms with van der Waals surface area (Å²) in [5.74, 6) is 0.983. The first-order valence-corrected chi connectivity index (χ1v) is 13.5. The number of para-hydroxylation sites is 1. The molecular weight excluding hydrogens is 618 g/mol. The Morgan fingerprint density at radius 3 is 2.66 bits per heavy atom. The number of aromatic nitrogens is 2. The van der Waals surface area contributed by atoms with Gasteiger partial charge >= 0.3 is 5.97 Å². The number of fused-ring (bicyclic) bond motifs is 2. The van der Waals surface area contributed by atoms with Gasteiger partial charge in [0.05, 0.1) is 43.3 Å². The third kappa shape index (κ3) is 5.50. The van der Waals surface area contributed by atoms with Gasteiger partial charge < -0.3 is 23.4 Å². The third-order valence-corrected chi connectivity index (χ3v) is 7.49. The fraction of sp³-hybridized carbons (Fsp3) is 0.172. The molecule has 41 heavy (non-hydrogen) atoms. The second kappa shape index (κ2) is 12.0. The van der Waals surface area contributed by atoms with Crippen molar-refractivity contribution in [2.24, 2.45) is 5.10 Å². The molecule has 0 aliphatic rings. The van der Waals surface area contributed by atoms with Gasteiger partial charge in [-0.15, -0.1) is 0 Å². The Kier molecular flexibility index (Phi) is 8.27. The minimum absolute atomic E-state index is 0.148. The number of carbonyl (C=O) groups is 1. The minimum Gasteiger partial charge on any atom is -0.496 e. The maximum atomic E-state index is 13.7. The van der Waals surface area contributed by atoms with Gasteiger partial charge in [-0.1, -0.05) is 29.8 Å². The largest absolute Gasteiger partial charge is 0.496 e. The summed E-state index contributed by atoms with van der Waals surface area (Å²) in [6.45, 7) is 1.74. The highest BCUT2D eigenvalue weighted by molar-refractivity contribution is 9.10. The van der Waals surface area contributed by atoms with Crippen LogP contribution in [0.1, 0.15) is 12.5 Å². The van der Waals surface area contributed by atoms with Crippen molar-refractivity contribution in [2.75, 3.05) is 27.4 Å². The van der Waals surface area contributed by atoms with E-state index in [2.05, 4.69) is 25.8 Å². The van der Waals surface area contributed by atoms with Crippen molar-refractivity contribution in [3.8, 4) is 28.8 Å². The molecule has 0 aliphatic heterocycles. The first kappa shape index (κ1) is 28.2. The average Bonchev–Trinajstić information content (AvgIpc) is 3.43. The topological polar surface area (TPSA) is 114 Å². The molecule has 5 rings (SSSR count). The monoisotopic (exact) mass is 639 g/mol. The van der Waals surface area contributed by atoms with Gasteiger partial charge in [0.15, 0.2) is 23.9 Å². The molecule has 0 N–H and O–H groups in total. The molecule has 3 aromatic carbocycles. The van der Waals surface area contributed by atoms with E-state index in [1.807, 2.05) is 12.1 Å². The Morgan fingerprint density at radius 1 is 1.10 bits per heavy atom. The van der Waals surface area contributed by atoms with Crippen molar-refractivity contribution in [1.29, 1.82) is 0 Å². The van der Waals surface area contributed by atoms with Crippen LogP contribution in [0.15, 0.2) is 73.4 Å². The zero-order valence-electron chi connectivity index (χ0n) is 22.1. The molecule has 0 atom stereocenters. The quantitative estimate of drug-likeness (QED) is 0.141. The number of hydrogen-bond acceptors (Lipinski definition) is 9. The second-order valence-electron chi connectivity index (χ2n) is 8.52. The lowest BCUT2D eigenvalue weighted by atomic mass is 10.2. The molecule has 0 saturated heterocycles. The Labute approximate surface area is 247 Å². The summed E-state index contributed by atoms with van der Waals surface area (Å²) in [4.78, 5) is 30.0. The van der Waals surface area contributed by atoms with Crippen molar-refractivity contribution in [2.45, 2.75) is 6.92 Å². The van der Waals surface area contributed by atoms with Crippen LogP contribution < -0.4 is 19.8 Å². The standard InChI is InChI=1S/C29H23BrClN3O7/c1-4-39-22-12-16(25(30)26(31)27(22)40-15-24(35)38-3)14-32-34-28(33-19-9-6-5-8-17(19)29(34)36)23-13-18-20(37-2)10-7-11-21(18)41-23/h5-14H,4,15H2,1-3H3. The summed E-state index contributed by atoms with van der Waals surface area (Å²) in [7, 11) is 2.83. The van der Waals surface area contributed by atoms with E-state index in [9.17, 15) is 9.59 Å². The number of nitrogens with zero attached hydrogens (tertiary/aromatic N) is 3. The summed E-state index contributed by atoms with van der Waals surface area (Å²) < 4.78 is 29.0. The van der Waals surface area contributed by atoms with Crippen LogP contribution in [0.4, 0.5) is 0 Å². The van der Waals surface area contributed by atoms with E-state index in [1.165, 1.54) is 13.3 Å². The molecule has 0 saturated carbocycles. The number of rotatable bonds is 9. The van der Waals surface area contributed by atoms with Crippen LogP contribution >= 0.6 is 27.5 Å². The van der Waals surface area contributed by atoms with E-state index >= 15 is 0 Å². The lowest BCUT2D eigenvalue weighted by molar-refractivity contribution is -0.142. The Balaban J connectivity index is 1.65. The molecular formula is C29H23BrClN3O7. The smallest absolute Gasteiger partial charge is 0.343 e. The normalized spacial score (nSPS) is 11.3. The molecule has 0 bridgehead atoms. The summed E-state index contributed by atoms with van der Waals surface area (Å²) in [6.07, 6.45) is 1.44. The number of ether oxygens (including phenoxy) is 4. The number of furan rings is 1. The summed E-state index contributed by atoms with van der Waals surface area (Å²) in [6, 6.07) is 15.8. The van der Waals surface area contributed by atoms with Gasteiger partial charge in [0.1, 0.15) is 16.4 Å².